The molecule has 3 rings (SSSR count). The van der Waals surface area contributed by atoms with Crippen molar-refractivity contribution in [1.82, 2.24) is 9.21 Å². The van der Waals surface area contributed by atoms with Crippen molar-refractivity contribution in [1.29, 1.82) is 5.26 Å². The molecule has 0 aliphatic carbocycles. The van der Waals surface area contributed by atoms with Crippen molar-refractivity contribution in [2.75, 3.05) is 31.5 Å². The number of carbonyl (C=O) groups is 2. The lowest BCUT2D eigenvalue weighted by Gasteiger charge is -2.31. The quantitative estimate of drug-likeness (QED) is 0.763. The number of benzene rings is 2. The SMILES string of the molecule is N#Cc1ccc(NC(=O)c2cccc(S(=O)(=O)N3CCN(C=O)CC3)c2)cc1. The van der Waals surface area contributed by atoms with E-state index in [-0.39, 0.29) is 23.5 Å². The van der Waals surface area contributed by atoms with Crippen LogP contribution in [0.3, 0.4) is 0 Å². The average molecular weight is 398 g/mol. The van der Waals surface area contributed by atoms with Gasteiger partial charge in [0.05, 0.1) is 16.5 Å². The molecule has 0 bridgehead atoms. The van der Waals surface area contributed by atoms with Crippen molar-refractivity contribution in [3.05, 3.63) is 59.7 Å². The second-order valence-electron chi connectivity index (χ2n) is 6.22. The van der Waals surface area contributed by atoms with Crippen LogP contribution in [0, 0.1) is 11.3 Å². The van der Waals surface area contributed by atoms with Gasteiger partial charge in [-0.15, -0.1) is 0 Å². The van der Waals surface area contributed by atoms with E-state index in [1.54, 1.807) is 24.3 Å². The summed E-state index contributed by atoms with van der Waals surface area (Å²) in [5.41, 5.74) is 1.18. The number of nitriles is 1. The number of amides is 2. The van der Waals surface area contributed by atoms with E-state index in [0.29, 0.717) is 30.8 Å². The number of carbonyl (C=O) groups excluding carboxylic acids is 2. The van der Waals surface area contributed by atoms with Crippen LogP contribution in [0.25, 0.3) is 0 Å². The van der Waals surface area contributed by atoms with Crippen molar-refractivity contribution >= 4 is 28.0 Å². The minimum atomic E-state index is -3.76. The van der Waals surface area contributed by atoms with E-state index in [9.17, 15) is 18.0 Å². The predicted octanol–water partition coefficient (Wildman–Crippen LogP) is 1.27. The van der Waals surface area contributed by atoms with Gasteiger partial charge < -0.3 is 10.2 Å². The van der Waals surface area contributed by atoms with Crippen LogP contribution >= 0.6 is 0 Å². The molecule has 1 saturated heterocycles. The fraction of sp³-hybridized carbons (Fsp3) is 0.211. The molecular weight excluding hydrogens is 380 g/mol. The molecule has 0 aromatic heterocycles. The zero-order valence-corrected chi connectivity index (χ0v) is 15.7. The largest absolute Gasteiger partial charge is 0.343 e. The Morgan fingerprint density at radius 2 is 1.75 bits per heavy atom. The van der Waals surface area contributed by atoms with Crippen LogP contribution in [0.5, 0.6) is 0 Å². The smallest absolute Gasteiger partial charge is 0.255 e. The highest BCUT2D eigenvalue weighted by Gasteiger charge is 2.28. The highest BCUT2D eigenvalue weighted by molar-refractivity contribution is 7.89. The van der Waals surface area contributed by atoms with Gasteiger partial charge >= 0.3 is 0 Å². The Morgan fingerprint density at radius 3 is 2.36 bits per heavy atom. The highest BCUT2D eigenvalue weighted by Crippen LogP contribution is 2.19. The molecule has 2 amide bonds. The summed E-state index contributed by atoms with van der Waals surface area (Å²) in [5, 5.41) is 11.5. The Labute approximate surface area is 163 Å². The van der Waals surface area contributed by atoms with Crippen LogP contribution in [0.4, 0.5) is 5.69 Å². The molecule has 0 atom stereocenters. The third-order valence-corrected chi connectivity index (χ3v) is 6.32. The molecular formula is C19H18N4O4S. The Kier molecular flexibility index (Phi) is 5.73. The Hall–Kier alpha value is -3.22. The second kappa shape index (κ2) is 8.21. The van der Waals surface area contributed by atoms with Gasteiger partial charge in [0, 0.05) is 37.4 Å². The summed E-state index contributed by atoms with van der Waals surface area (Å²) in [6, 6.07) is 14.2. The van der Waals surface area contributed by atoms with E-state index >= 15 is 0 Å². The fourth-order valence-electron chi connectivity index (χ4n) is 2.83. The van der Waals surface area contributed by atoms with Crippen molar-refractivity contribution in [3.8, 4) is 6.07 Å². The number of anilines is 1. The molecule has 2 aromatic carbocycles. The van der Waals surface area contributed by atoms with E-state index in [1.165, 1.54) is 33.5 Å². The van der Waals surface area contributed by atoms with E-state index < -0.39 is 15.9 Å². The van der Waals surface area contributed by atoms with E-state index in [4.69, 9.17) is 5.26 Å². The van der Waals surface area contributed by atoms with Crippen LogP contribution in [0.1, 0.15) is 15.9 Å². The summed E-state index contributed by atoms with van der Waals surface area (Å²) in [4.78, 5) is 24.8. The number of hydrogen-bond acceptors (Lipinski definition) is 5. The van der Waals surface area contributed by atoms with Crippen molar-refractivity contribution in [2.24, 2.45) is 0 Å². The van der Waals surface area contributed by atoms with E-state index in [1.807, 2.05) is 6.07 Å². The summed E-state index contributed by atoms with van der Waals surface area (Å²) < 4.78 is 27.0. The van der Waals surface area contributed by atoms with Crippen molar-refractivity contribution in [2.45, 2.75) is 4.90 Å². The molecule has 9 heteroatoms. The Balaban J connectivity index is 1.76. The molecule has 1 fully saturated rings. The highest BCUT2D eigenvalue weighted by atomic mass is 32.2. The molecule has 0 unspecified atom stereocenters. The molecule has 1 N–H and O–H groups in total. The van der Waals surface area contributed by atoms with Crippen LogP contribution in [0.2, 0.25) is 0 Å². The summed E-state index contributed by atoms with van der Waals surface area (Å²) in [7, 11) is -3.76. The molecule has 1 aliphatic heterocycles. The van der Waals surface area contributed by atoms with Gasteiger partial charge in [0.1, 0.15) is 0 Å². The number of piperazine rings is 1. The lowest BCUT2D eigenvalue weighted by molar-refractivity contribution is -0.119. The summed E-state index contributed by atoms with van der Waals surface area (Å²) in [6.45, 7) is 1.09. The van der Waals surface area contributed by atoms with Gasteiger partial charge in [-0.2, -0.15) is 9.57 Å². The number of sulfonamides is 1. The van der Waals surface area contributed by atoms with Crippen LogP contribution in [0.15, 0.2) is 53.4 Å². The first kappa shape index (κ1) is 19.5. The Morgan fingerprint density at radius 1 is 1.07 bits per heavy atom. The van der Waals surface area contributed by atoms with Crippen molar-refractivity contribution < 1.29 is 18.0 Å². The maximum atomic E-state index is 12.8. The zero-order chi connectivity index (χ0) is 20.1. The van der Waals surface area contributed by atoms with Crippen LogP contribution in [-0.2, 0) is 14.8 Å². The molecule has 1 heterocycles. The first-order valence-corrected chi connectivity index (χ1v) is 9.99. The minimum Gasteiger partial charge on any atom is -0.343 e. The third kappa shape index (κ3) is 4.19. The topological polar surface area (TPSA) is 111 Å². The molecule has 0 saturated carbocycles. The van der Waals surface area contributed by atoms with Gasteiger partial charge in [0.15, 0.2) is 0 Å². The zero-order valence-electron chi connectivity index (χ0n) is 14.9. The van der Waals surface area contributed by atoms with Gasteiger partial charge in [-0.05, 0) is 42.5 Å². The monoisotopic (exact) mass is 398 g/mol. The lowest BCUT2D eigenvalue weighted by Crippen LogP contribution is -2.47. The molecule has 0 radical (unpaired) electrons. The molecule has 2 aromatic rings. The number of nitrogens with one attached hydrogen (secondary N) is 1. The fourth-order valence-corrected chi connectivity index (χ4v) is 4.30. The first-order chi connectivity index (χ1) is 13.4. The maximum absolute atomic E-state index is 12.8. The molecule has 0 spiro atoms. The standard InChI is InChI=1S/C19H18N4O4S/c20-13-15-4-6-17(7-5-15)21-19(25)16-2-1-3-18(12-16)28(26,27)23-10-8-22(14-24)9-11-23/h1-7,12,14H,8-11H2,(H,21,25). The summed E-state index contributed by atoms with van der Waals surface area (Å²) in [5.74, 6) is -0.451. The molecule has 8 nitrogen and oxygen atoms in total. The molecule has 28 heavy (non-hydrogen) atoms. The number of rotatable bonds is 5. The number of nitrogens with zero attached hydrogens (tertiary/aromatic N) is 3. The van der Waals surface area contributed by atoms with Gasteiger partial charge in [-0.3, -0.25) is 9.59 Å². The van der Waals surface area contributed by atoms with E-state index in [2.05, 4.69) is 5.32 Å². The Bertz CT molecular complexity index is 1020. The molecule has 1 aliphatic rings. The van der Waals surface area contributed by atoms with Gasteiger partial charge in [0.2, 0.25) is 16.4 Å². The number of hydrogen-bond donors (Lipinski definition) is 1. The van der Waals surface area contributed by atoms with Crippen LogP contribution < -0.4 is 5.32 Å². The lowest BCUT2D eigenvalue weighted by atomic mass is 10.2. The predicted molar refractivity (Wildman–Crippen MR) is 102 cm³/mol. The normalized spacial score (nSPS) is 14.9. The summed E-state index contributed by atoms with van der Waals surface area (Å²) >= 11 is 0. The van der Waals surface area contributed by atoms with Gasteiger partial charge in [-0.1, -0.05) is 6.07 Å². The minimum absolute atomic E-state index is 0.0273. The van der Waals surface area contributed by atoms with Gasteiger partial charge in [0.25, 0.3) is 5.91 Å². The van der Waals surface area contributed by atoms with E-state index in [0.717, 1.165) is 0 Å². The average Bonchev–Trinajstić information content (AvgIpc) is 2.74. The van der Waals surface area contributed by atoms with Crippen molar-refractivity contribution in [3.63, 3.8) is 0 Å². The second-order valence-corrected chi connectivity index (χ2v) is 8.15. The third-order valence-electron chi connectivity index (χ3n) is 4.43. The van der Waals surface area contributed by atoms with Gasteiger partial charge in [-0.25, -0.2) is 8.42 Å². The van der Waals surface area contributed by atoms with Crippen LogP contribution in [-0.4, -0.2) is 56.1 Å². The maximum Gasteiger partial charge on any atom is 0.255 e. The first-order valence-electron chi connectivity index (χ1n) is 8.55. The summed E-state index contributed by atoms with van der Waals surface area (Å²) in [6.07, 6.45) is 0.706. The molecule has 144 valence electrons.